The molecule has 0 amide bonds. The van der Waals surface area contributed by atoms with Crippen molar-refractivity contribution in [1.29, 1.82) is 0 Å². The summed E-state index contributed by atoms with van der Waals surface area (Å²) in [5, 5.41) is 6.81. The zero-order valence-electron chi connectivity index (χ0n) is 15.8. The van der Waals surface area contributed by atoms with Gasteiger partial charge in [-0.1, -0.05) is 36.4 Å². The van der Waals surface area contributed by atoms with Gasteiger partial charge < -0.3 is 9.47 Å². The van der Waals surface area contributed by atoms with E-state index in [0.29, 0.717) is 12.6 Å². The van der Waals surface area contributed by atoms with Crippen molar-refractivity contribution in [3.8, 4) is 0 Å². The van der Waals surface area contributed by atoms with Crippen LogP contribution in [-0.2, 0) is 15.0 Å². The Bertz CT molecular complexity index is 721. The van der Waals surface area contributed by atoms with Gasteiger partial charge >= 0.3 is 0 Å². The van der Waals surface area contributed by atoms with E-state index in [9.17, 15) is 0 Å². The molecule has 3 heterocycles. The molecule has 2 aliphatic rings. The largest absolute Gasteiger partial charge is 0.457 e. The van der Waals surface area contributed by atoms with Crippen LogP contribution in [0.3, 0.4) is 0 Å². The Morgan fingerprint density at radius 1 is 1.04 bits per heavy atom. The normalized spacial score (nSPS) is 20.0. The number of hydrogen-bond acceptors (Lipinski definition) is 6. The lowest BCUT2D eigenvalue weighted by Crippen LogP contribution is -2.47. The first-order valence-electron chi connectivity index (χ1n) is 9.51. The number of morpholine rings is 1. The van der Waals surface area contributed by atoms with E-state index in [-0.39, 0.29) is 0 Å². The van der Waals surface area contributed by atoms with Gasteiger partial charge in [-0.2, -0.15) is 0 Å². The van der Waals surface area contributed by atoms with E-state index in [1.165, 1.54) is 5.56 Å². The van der Waals surface area contributed by atoms with E-state index in [0.717, 1.165) is 44.8 Å². The highest BCUT2D eigenvalue weighted by Crippen LogP contribution is 2.40. The number of nitrogens with zero attached hydrogens (tertiary/aromatic N) is 4. The van der Waals surface area contributed by atoms with Gasteiger partial charge in [0.2, 0.25) is 5.90 Å². The van der Waals surface area contributed by atoms with E-state index in [4.69, 9.17) is 14.6 Å². The summed E-state index contributed by atoms with van der Waals surface area (Å²) in [5.41, 5.74) is 1.91. The van der Waals surface area contributed by atoms with E-state index < -0.39 is 5.54 Å². The van der Waals surface area contributed by atoms with E-state index in [1.807, 2.05) is 25.4 Å². The van der Waals surface area contributed by atoms with Crippen LogP contribution >= 0.6 is 0 Å². The van der Waals surface area contributed by atoms with Crippen LogP contribution in [0.15, 0.2) is 60.0 Å². The highest BCUT2D eigenvalue weighted by Gasteiger charge is 2.43. The average Bonchev–Trinajstić information content (AvgIpc) is 3.17. The fourth-order valence-electron chi connectivity index (χ4n) is 3.93. The van der Waals surface area contributed by atoms with Crippen LogP contribution in [-0.4, -0.2) is 60.4 Å². The molecule has 1 aromatic heterocycles. The molecule has 6 heteroatoms. The number of benzene rings is 1. The van der Waals surface area contributed by atoms with Crippen molar-refractivity contribution in [2.24, 2.45) is 5.10 Å². The molecule has 0 aliphatic carbocycles. The molecular weight excluding hydrogens is 340 g/mol. The second-order valence-corrected chi connectivity index (χ2v) is 6.96. The van der Waals surface area contributed by atoms with Gasteiger partial charge in [-0.15, -0.1) is 5.10 Å². The summed E-state index contributed by atoms with van der Waals surface area (Å²) in [4.78, 5) is 6.88. The molecule has 0 radical (unpaired) electrons. The van der Waals surface area contributed by atoms with Crippen LogP contribution in [0.5, 0.6) is 0 Å². The summed E-state index contributed by atoms with van der Waals surface area (Å²) in [6, 6.07) is 14.7. The summed E-state index contributed by atoms with van der Waals surface area (Å²) >= 11 is 0. The Morgan fingerprint density at radius 2 is 1.81 bits per heavy atom. The van der Waals surface area contributed by atoms with E-state index in [1.54, 1.807) is 0 Å². The number of pyridine rings is 1. The minimum atomic E-state index is -0.425. The summed E-state index contributed by atoms with van der Waals surface area (Å²) in [7, 11) is 0. The third-order valence-electron chi connectivity index (χ3n) is 5.38. The molecule has 1 fully saturated rings. The number of aromatic nitrogens is 1. The zero-order valence-corrected chi connectivity index (χ0v) is 15.8. The third-order valence-corrected chi connectivity index (χ3v) is 5.38. The summed E-state index contributed by atoms with van der Waals surface area (Å²) in [5.74, 6) is 0.700. The minimum absolute atomic E-state index is 0.425. The molecule has 4 rings (SSSR count). The van der Waals surface area contributed by atoms with Gasteiger partial charge in [-0.05, 0) is 18.1 Å². The molecule has 2 aliphatic heterocycles. The smallest absolute Gasteiger partial charge is 0.204 e. The molecule has 1 aromatic carbocycles. The Balaban J connectivity index is 1.76. The molecule has 1 unspecified atom stereocenters. The standard InChI is InChI=1S/C21H26N4O2/c1-18-23-25(17-27-18)21(19-6-3-2-4-7-19,20-8-5-10-22-16-20)9-11-24-12-14-26-15-13-24/h2-8,10,16H,9,11-15,17H2,1H3. The molecule has 0 saturated carbocycles. The van der Waals surface area contributed by atoms with Crippen molar-refractivity contribution < 1.29 is 9.47 Å². The van der Waals surface area contributed by atoms with Crippen LogP contribution in [0.1, 0.15) is 24.5 Å². The SMILES string of the molecule is CC1=NN(C(CCN2CCOCC2)(c2ccccc2)c2cccnc2)CO1. The molecule has 1 saturated heterocycles. The van der Waals surface area contributed by atoms with Gasteiger partial charge in [0, 0.05) is 44.5 Å². The van der Waals surface area contributed by atoms with Crippen LogP contribution in [0.2, 0.25) is 0 Å². The van der Waals surface area contributed by atoms with Crippen LogP contribution in [0.4, 0.5) is 0 Å². The predicted molar refractivity (Wildman–Crippen MR) is 104 cm³/mol. The molecule has 2 aromatic rings. The molecule has 1 atom stereocenters. The first kappa shape index (κ1) is 17.9. The van der Waals surface area contributed by atoms with Crippen LogP contribution in [0.25, 0.3) is 0 Å². The van der Waals surface area contributed by atoms with Gasteiger partial charge in [0.25, 0.3) is 0 Å². The third kappa shape index (κ3) is 3.68. The van der Waals surface area contributed by atoms with E-state index in [2.05, 4.69) is 51.3 Å². The summed E-state index contributed by atoms with van der Waals surface area (Å²) in [6.07, 6.45) is 4.66. The Hall–Kier alpha value is -2.44. The average molecular weight is 366 g/mol. The molecule has 6 nitrogen and oxygen atoms in total. The first-order valence-corrected chi connectivity index (χ1v) is 9.51. The molecule has 0 bridgehead atoms. The van der Waals surface area contributed by atoms with Crippen molar-refractivity contribution in [1.82, 2.24) is 14.9 Å². The quantitative estimate of drug-likeness (QED) is 0.787. The number of hydrogen-bond donors (Lipinski definition) is 0. The van der Waals surface area contributed by atoms with Crippen LogP contribution < -0.4 is 0 Å². The number of rotatable bonds is 6. The lowest BCUT2D eigenvalue weighted by Gasteiger charge is -2.42. The second-order valence-electron chi connectivity index (χ2n) is 6.96. The highest BCUT2D eigenvalue weighted by molar-refractivity contribution is 5.73. The van der Waals surface area contributed by atoms with Crippen LogP contribution in [0, 0.1) is 0 Å². The predicted octanol–water partition coefficient (Wildman–Crippen LogP) is 2.67. The Labute approximate surface area is 160 Å². The van der Waals surface area contributed by atoms with Crippen molar-refractivity contribution >= 4 is 5.90 Å². The maximum absolute atomic E-state index is 5.73. The second kappa shape index (κ2) is 8.06. The lowest BCUT2D eigenvalue weighted by atomic mass is 9.80. The van der Waals surface area contributed by atoms with Gasteiger partial charge in [0.15, 0.2) is 6.73 Å². The lowest BCUT2D eigenvalue weighted by molar-refractivity contribution is 0.0179. The van der Waals surface area contributed by atoms with E-state index >= 15 is 0 Å². The van der Waals surface area contributed by atoms with Gasteiger partial charge in [-0.25, -0.2) is 5.01 Å². The van der Waals surface area contributed by atoms with Crippen molar-refractivity contribution in [2.75, 3.05) is 39.6 Å². The minimum Gasteiger partial charge on any atom is -0.457 e. The fraction of sp³-hybridized carbons (Fsp3) is 0.429. The highest BCUT2D eigenvalue weighted by atomic mass is 16.5. The first-order chi connectivity index (χ1) is 13.3. The molecule has 0 spiro atoms. The maximum Gasteiger partial charge on any atom is 0.204 e. The fourth-order valence-corrected chi connectivity index (χ4v) is 3.93. The molecular formula is C21H26N4O2. The summed E-state index contributed by atoms with van der Waals surface area (Å²) in [6.45, 7) is 6.84. The van der Waals surface area contributed by atoms with Gasteiger partial charge in [0.05, 0.1) is 13.2 Å². The topological polar surface area (TPSA) is 50.2 Å². The zero-order chi connectivity index (χ0) is 18.5. The number of hydrazone groups is 1. The summed E-state index contributed by atoms with van der Waals surface area (Å²) < 4.78 is 11.2. The van der Waals surface area contributed by atoms with Crippen molar-refractivity contribution in [3.05, 3.63) is 66.0 Å². The van der Waals surface area contributed by atoms with Gasteiger partial charge in [0.1, 0.15) is 5.54 Å². The van der Waals surface area contributed by atoms with Crippen molar-refractivity contribution in [2.45, 2.75) is 18.9 Å². The Morgan fingerprint density at radius 3 is 2.48 bits per heavy atom. The number of ether oxygens (including phenoxy) is 2. The monoisotopic (exact) mass is 366 g/mol. The molecule has 0 N–H and O–H groups in total. The Kier molecular flexibility index (Phi) is 5.36. The maximum atomic E-state index is 5.73. The molecule has 27 heavy (non-hydrogen) atoms. The molecule has 142 valence electrons. The van der Waals surface area contributed by atoms with Crippen molar-refractivity contribution in [3.63, 3.8) is 0 Å². The van der Waals surface area contributed by atoms with Gasteiger partial charge in [-0.3, -0.25) is 9.88 Å².